The highest BCUT2D eigenvalue weighted by atomic mass is 28.1. The third-order valence-corrected chi connectivity index (χ3v) is 2.84. The number of hydrogen-bond acceptors (Lipinski definition) is 0. The third-order valence-electron chi connectivity index (χ3n) is 2.14. The van der Waals surface area contributed by atoms with E-state index >= 15 is 0 Å². The summed E-state index contributed by atoms with van der Waals surface area (Å²) in [5.74, 6) is 0.911. The molecule has 0 N–H and O–H groups in total. The topological polar surface area (TPSA) is 0 Å². The van der Waals surface area contributed by atoms with Crippen molar-refractivity contribution < 1.29 is 0 Å². The molecular weight excluding hydrogens is 148 g/mol. The van der Waals surface area contributed by atoms with E-state index in [4.69, 9.17) is 0 Å². The summed E-state index contributed by atoms with van der Waals surface area (Å²) >= 11 is 0. The van der Waals surface area contributed by atoms with Crippen molar-refractivity contribution in [3.05, 3.63) is 0 Å². The highest BCUT2D eigenvalue weighted by molar-refractivity contribution is 6.08. The first kappa shape index (κ1) is 11.2. The number of unbranched alkanes of at least 4 members (excludes halogenated alkanes) is 4. The zero-order chi connectivity index (χ0) is 8.53. The van der Waals surface area contributed by atoms with Crippen LogP contribution in [0.3, 0.4) is 0 Å². The lowest BCUT2D eigenvalue weighted by Gasteiger charge is -2.03. The Morgan fingerprint density at radius 1 is 0.909 bits per heavy atom. The monoisotopic (exact) mass is 172 g/mol. The van der Waals surface area contributed by atoms with Crippen LogP contribution in [0.5, 0.6) is 0 Å². The van der Waals surface area contributed by atoms with Crippen LogP contribution in [0.15, 0.2) is 0 Å². The average molecular weight is 172 g/mol. The van der Waals surface area contributed by atoms with Crippen LogP contribution in [0.2, 0.25) is 6.04 Å². The highest BCUT2D eigenvalue weighted by Crippen LogP contribution is 2.10. The fraction of sp³-hybridized carbons (Fsp3) is 1.00. The van der Waals surface area contributed by atoms with E-state index in [-0.39, 0.29) is 0 Å². The molecule has 0 spiro atoms. The van der Waals surface area contributed by atoms with Crippen molar-refractivity contribution in [2.75, 3.05) is 0 Å². The van der Waals surface area contributed by atoms with Gasteiger partial charge in [0.25, 0.3) is 0 Å². The summed E-state index contributed by atoms with van der Waals surface area (Å²) in [6, 6.07) is 1.50. The lowest BCUT2D eigenvalue weighted by atomic mass is 10.0. The van der Waals surface area contributed by atoms with E-state index in [9.17, 15) is 0 Å². The van der Waals surface area contributed by atoms with Gasteiger partial charge in [-0.05, 0) is 5.92 Å². The molecule has 0 heterocycles. The maximum Gasteiger partial charge on any atom is 0.00279 e. The Bertz CT molecular complexity index is 69.3. The molecule has 0 aromatic carbocycles. The van der Waals surface area contributed by atoms with E-state index in [0.29, 0.717) is 0 Å². The van der Waals surface area contributed by atoms with Gasteiger partial charge in [-0.1, -0.05) is 58.4 Å². The van der Waals surface area contributed by atoms with Gasteiger partial charge in [0.05, 0.1) is 0 Å². The predicted molar refractivity (Wildman–Crippen MR) is 57.3 cm³/mol. The highest BCUT2D eigenvalue weighted by Gasteiger charge is 1.93. The van der Waals surface area contributed by atoms with Gasteiger partial charge in [0, 0.05) is 10.2 Å². The van der Waals surface area contributed by atoms with Gasteiger partial charge >= 0.3 is 0 Å². The number of rotatable bonds is 7. The standard InChI is InChI=1S/C10H24Si/c1-10(2)8-6-4-3-5-7-9-11/h10H,3-9H2,1-2,11H3. The Kier molecular flexibility index (Phi) is 8.48. The van der Waals surface area contributed by atoms with Gasteiger partial charge in [-0.15, -0.1) is 0 Å². The number of hydrogen-bond donors (Lipinski definition) is 0. The molecule has 0 aliphatic rings. The molecule has 0 aliphatic heterocycles. The Labute approximate surface area is 75.2 Å². The van der Waals surface area contributed by atoms with Crippen molar-refractivity contribution >= 4 is 10.2 Å². The minimum atomic E-state index is 0.911. The van der Waals surface area contributed by atoms with Crippen LogP contribution in [0.1, 0.15) is 52.4 Å². The van der Waals surface area contributed by atoms with Gasteiger partial charge in [0.15, 0.2) is 0 Å². The molecule has 0 saturated heterocycles. The maximum atomic E-state index is 2.32. The fourth-order valence-corrected chi connectivity index (χ4v) is 1.83. The van der Waals surface area contributed by atoms with Crippen LogP contribution in [-0.4, -0.2) is 10.2 Å². The lowest BCUT2D eigenvalue weighted by molar-refractivity contribution is 0.518. The Morgan fingerprint density at radius 3 is 2.00 bits per heavy atom. The zero-order valence-electron chi connectivity index (χ0n) is 8.53. The molecule has 1 heteroatoms. The van der Waals surface area contributed by atoms with Crippen LogP contribution < -0.4 is 0 Å². The zero-order valence-corrected chi connectivity index (χ0v) is 10.5. The van der Waals surface area contributed by atoms with Crippen molar-refractivity contribution in [1.82, 2.24) is 0 Å². The lowest BCUT2D eigenvalue weighted by Crippen LogP contribution is -1.86. The smallest absolute Gasteiger partial charge is 0.00279 e. The first-order valence-electron chi connectivity index (χ1n) is 5.27. The van der Waals surface area contributed by atoms with Gasteiger partial charge in [0.1, 0.15) is 0 Å². The molecule has 0 amide bonds. The van der Waals surface area contributed by atoms with E-state index in [2.05, 4.69) is 13.8 Å². The van der Waals surface area contributed by atoms with E-state index in [0.717, 1.165) is 5.92 Å². The summed E-state index contributed by atoms with van der Waals surface area (Å²) in [7, 11) is 1.41. The van der Waals surface area contributed by atoms with E-state index in [1.807, 2.05) is 0 Å². The summed E-state index contributed by atoms with van der Waals surface area (Å²) in [4.78, 5) is 0. The van der Waals surface area contributed by atoms with E-state index in [1.54, 1.807) is 0 Å². The molecule has 0 bridgehead atoms. The average Bonchev–Trinajstić information content (AvgIpc) is 1.96. The molecule has 0 radical (unpaired) electrons. The predicted octanol–water partition coefficient (Wildman–Crippen LogP) is 2.77. The molecule has 0 unspecified atom stereocenters. The van der Waals surface area contributed by atoms with Gasteiger partial charge in [-0.25, -0.2) is 0 Å². The molecule has 0 nitrogen and oxygen atoms in total. The molecule has 0 aromatic heterocycles. The van der Waals surface area contributed by atoms with Gasteiger partial charge in [0.2, 0.25) is 0 Å². The molecule has 11 heavy (non-hydrogen) atoms. The van der Waals surface area contributed by atoms with Crippen molar-refractivity contribution in [2.24, 2.45) is 5.92 Å². The van der Waals surface area contributed by atoms with Gasteiger partial charge in [-0.3, -0.25) is 0 Å². The van der Waals surface area contributed by atoms with Crippen molar-refractivity contribution in [1.29, 1.82) is 0 Å². The Morgan fingerprint density at radius 2 is 1.45 bits per heavy atom. The second-order valence-corrected chi connectivity index (χ2v) is 4.95. The quantitative estimate of drug-likeness (QED) is 0.409. The fourth-order valence-electron chi connectivity index (χ4n) is 1.33. The van der Waals surface area contributed by atoms with E-state index in [1.165, 1.54) is 54.8 Å². The SMILES string of the molecule is CC(C)CCCCCCC[SiH3]. The second-order valence-electron chi connectivity index (χ2n) is 3.95. The second kappa shape index (κ2) is 8.31. The first-order valence-corrected chi connectivity index (χ1v) is 6.68. The summed E-state index contributed by atoms with van der Waals surface area (Å²) in [6.07, 6.45) is 8.82. The van der Waals surface area contributed by atoms with Crippen LogP contribution >= 0.6 is 0 Å². The van der Waals surface area contributed by atoms with Crippen LogP contribution in [0.4, 0.5) is 0 Å². The normalized spacial score (nSPS) is 11.2. The largest absolute Gasteiger partial charge is 0.0658 e. The minimum Gasteiger partial charge on any atom is -0.0658 e. The molecule has 0 saturated carbocycles. The van der Waals surface area contributed by atoms with Gasteiger partial charge in [-0.2, -0.15) is 0 Å². The molecule has 0 atom stereocenters. The van der Waals surface area contributed by atoms with Crippen molar-refractivity contribution in [3.8, 4) is 0 Å². The third kappa shape index (κ3) is 10.2. The summed E-state index contributed by atoms with van der Waals surface area (Å²) in [6.45, 7) is 4.63. The van der Waals surface area contributed by atoms with Gasteiger partial charge < -0.3 is 0 Å². The Balaban J connectivity index is 2.80. The molecule has 0 aliphatic carbocycles. The molecule has 0 aromatic rings. The molecular formula is C10H24Si. The molecule has 0 fully saturated rings. The van der Waals surface area contributed by atoms with Crippen molar-refractivity contribution in [2.45, 2.75) is 58.4 Å². The molecule has 0 rings (SSSR count). The van der Waals surface area contributed by atoms with Crippen LogP contribution in [-0.2, 0) is 0 Å². The first-order chi connectivity index (χ1) is 5.27. The maximum absolute atomic E-state index is 2.32. The van der Waals surface area contributed by atoms with Crippen LogP contribution in [0.25, 0.3) is 0 Å². The summed E-state index contributed by atoms with van der Waals surface area (Å²) in [5.41, 5.74) is 0. The van der Waals surface area contributed by atoms with Crippen LogP contribution in [0, 0.1) is 5.92 Å². The summed E-state index contributed by atoms with van der Waals surface area (Å²) < 4.78 is 0. The summed E-state index contributed by atoms with van der Waals surface area (Å²) in [5, 5.41) is 0. The molecule has 68 valence electrons. The van der Waals surface area contributed by atoms with E-state index < -0.39 is 0 Å². The Hall–Kier alpha value is 0.217. The minimum absolute atomic E-state index is 0.911. The van der Waals surface area contributed by atoms with Crippen molar-refractivity contribution in [3.63, 3.8) is 0 Å².